The van der Waals surface area contributed by atoms with Gasteiger partial charge in [-0.25, -0.2) is 9.97 Å². The molecule has 1 unspecified atom stereocenters. The summed E-state index contributed by atoms with van der Waals surface area (Å²) in [6.45, 7) is 3.05. The van der Waals surface area contributed by atoms with Crippen LogP contribution in [0, 0.1) is 0 Å². The Hall–Kier alpha value is -1.20. The third-order valence-electron chi connectivity index (χ3n) is 1.98. The Balaban J connectivity index is 1.76. The highest BCUT2D eigenvalue weighted by molar-refractivity contribution is 5.09. The summed E-state index contributed by atoms with van der Waals surface area (Å²) < 4.78 is 10.9. The van der Waals surface area contributed by atoms with E-state index in [2.05, 4.69) is 15.3 Å². The van der Waals surface area contributed by atoms with E-state index in [0.29, 0.717) is 12.4 Å². The van der Waals surface area contributed by atoms with E-state index in [9.17, 15) is 0 Å². The molecule has 0 aromatic carbocycles. The van der Waals surface area contributed by atoms with Gasteiger partial charge in [0, 0.05) is 13.1 Å². The van der Waals surface area contributed by atoms with Crippen molar-refractivity contribution in [3.63, 3.8) is 0 Å². The van der Waals surface area contributed by atoms with Crippen molar-refractivity contribution in [2.24, 2.45) is 0 Å². The highest BCUT2D eigenvalue weighted by Gasteiger charge is 2.13. The van der Waals surface area contributed by atoms with Crippen LogP contribution in [-0.2, 0) is 4.74 Å². The molecule has 0 amide bonds. The molecule has 2 heterocycles. The van der Waals surface area contributed by atoms with E-state index < -0.39 is 0 Å². The topological polar surface area (TPSA) is 56.3 Å². The molecule has 0 aliphatic carbocycles. The van der Waals surface area contributed by atoms with E-state index in [-0.39, 0.29) is 6.10 Å². The van der Waals surface area contributed by atoms with Gasteiger partial charge >= 0.3 is 0 Å². The Kier molecular flexibility index (Phi) is 3.26. The summed E-state index contributed by atoms with van der Waals surface area (Å²) >= 11 is 0. The van der Waals surface area contributed by atoms with Gasteiger partial charge in [-0.15, -0.1) is 0 Å². The Morgan fingerprint density at radius 1 is 1.50 bits per heavy atom. The van der Waals surface area contributed by atoms with Crippen LogP contribution in [0.4, 0.5) is 0 Å². The zero-order chi connectivity index (χ0) is 9.64. The second kappa shape index (κ2) is 4.88. The molecule has 1 atom stereocenters. The molecule has 76 valence electrons. The quantitative estimate of drug-likeness (QED) is 0.726. The van der Waals surface area contributed by atoms with Crippen molar-refractivity contribution in [3.05, 3.63) is 18.7 Å². The van der Waals surface area contributed by atoms with Crippen molar-refractivity contribution in [1.29, 1.82) is 0 Å². The average molecular weight is 195 g/mol. The largest absolute Gasteiger partial charge is 0.488 e. The fraction of sp³-hybridized carbons (Fsp3) is 0.556. The number of hydrogen-bond donors (Lipinski definition) is 1. The van der Waals surface area contributed by atoms with Crippen molar-refractivity contribution in [1.82, 2.24) is 15.3 Å². The van der Waals surface area contributed by atoms with Crippen LogP contribution >= 0.6 is 0 Å². The van der Waals surface area contributed by atoms with Crippen LogP contribution in [0.3, 0.4) is 0 Å². The van der Waals surface area contributed by atoms with Crippen molar-refractivity contribution < 1.29 is 9.47 Å². The molecular weight excluding hydrogens is 182 g/mol. The molecule has 2 rings (SSSR count). The summed E-state index contributed by atoms with van der Waals surface area (Å²) in [5.74, 6) is 0.682. The lowest BCUT2D eigenvalue weighted by Crippen LogP contribution is -2.41. The Morgan fingerprint density at radius 3 is 3.07 bits per heavy atom. The minimum atomic E-state index is 0.129. The maximum atomic E-state index is 5.47. The molecule has 1 saturated heterocycles. The molecule has 1 aliphatic heterocycles. The molecule has 0 saturated carbocycles. The van der Waals surface area contributed by atoms with Crippen LogP contribution < -0.4 is 10.1 Å². The van der Waals surface area contributed by atoms with Crippen LogP contribution in [0.25, 0.3) is 0 Å². The summed E-state index contributed by atoms with van der Waals surface area (Å²) in [7, 11) is 0. The summed E-state index contributed by atoms with van der Waals surface area (Å²) in [5, 5.41) is 3.23. The number of hydrogen-bond acceptors (Lipinski definition) is 5. The van der Waals surface area contributed by atoms with Gasteiger partial charge < -0.3 is 14.8 Å². The summed E-state index contributed by atoms with van der Waals surface area (Å²) in [5.41, 5.74) is 0. The molecule has 0 radical (unpaired) electrons. The van der Waals surface area contributed by atoms with E-state index in [1.165, 1.54) is 6.33 Å². The highest BCUT2D eigenvalue weighted by atomic mass is 16.5. The lowest BCUT2D eigenvalue weighted by Gasteiger charge is -2.23. The van der Waals surface area contributed by atoms with E-state index in [1.54, 1.807) is 12.4 Å². The summed E-state index contributed by atoms with van der Waals surface area (Å²) in [4.78, 5) is 7.71. The zero-order valence-electron chi connectivity index (χ0n) is 7.85. The Bertz CT molecular complexity index is 262. The van der Waals surface area contributed by atoms with Gasteiger partial charge in [0.1, 0.15) is 19.0 Å². The maximum Gasteiger partial charge on any atom is 0.156 e. The predicted octanol–water partition coefficient (Wildman–Crippen LogP) is -0.156. The maximum absolute atomic E-state index is 5.47. The van der Waals surface area contributed by atoms with Crippen molar-refractivity contribution in [2.45, 2.75) is 6.10 Å². The number of aromatic nitrogens is 2. The van der Waals surface area contributed by atoms with E-state index in [4.69, 9.17) is 9.47 Å². The van der Waals surface area contributed by atoms with Gasteiger partial charge in [-0.1, -0.05) is 0 Å². The van der Waals surface area contributed by atoms with Crippen LogP contribution in [0.5, 0.6) is 5.75 Å². The molecule has 1 aromatic rings. The smallest absolute Gasteiger partial charge is 0.156 e. The van der Waals surface area contributed by atoms with Gasteiger partial charge in [0.15, 0.2) is 5.75 Å². The van der Waals surface area contributed by atoms with Crippen LogP contribution in [-0.4, -0.2) is 42.4 Å². The van der Waals surface area contributed by atoms with Gasteiger partial charge in [-0.2, -0.15) is 0 Å². The van der Waals surface area contributed by atoms with E-state index in [0.717, 1.165) is 19.7 Å². The number of nitrogens with zero attached hydrogens (tertiary/aromatic N) is 2. The van der Waals surface area contributed by atoms with Gasteiger partial charge in [-0.3, -0.25) is 0 Å². The van der Waals surface area contributed by atoms with Crippen LogP contribution in [0.1, 0.15) is 0 Å². The minimum Gasteiger partial charge on any atom is -0.488 e. The van der Waals surface area contributed by atoms with Crippen molar-refractivity contribution in [2.75, 3.05) is 26.3 Å². The van der Waals surface area contributed by atoms with Crippen LogP contribution in [0.2, 0.25) is 0 Å². The number of nitrogens with one attached hydrogen (secondary N) is 1. The van der Waals surface area contributed by atoms with Crippen molar-refractivity contribution in [3.8, 4) is 5.75 Å². The fourth-order valence-electron chi connectivity index (χ4n) is 1.28. The average Bonchev–Trinajstić information content (AvgIpc) is 2.29. The number of rotatable bonds is 3. The second-order valence-corrected chi connectivity index (χ2v) is 3.08. The van der Waals surface area contributed by atoms with Gasteiger partial charge in [-0.05, 0) is 0 Å². The molecule has 0 bridgehead atoms. The second-order valence-electron chi connectivity index (χ2n) is 3.08. The molecule has 1 aliphatic rings. The predicted molar refractivity (Wildman–Crippen MR) is 50.1 cm³/mol. The molecule has 1 fully saturated rings. The Morgan fingerprint density at radius 2 is 2.36 bits per heavy atom. The first kappa shape index (κ1) is 9.36. The molecule has 5 nitrogen and oxygen atoms in total. The molecule has 1 aromatic heterocycles. The lowest BCUT2D eigenvalue weighted by molar-refractivity contribution is 0.0000496. The molecule has 0 spiro atoms. The highest BCUT2D eigenvalue weighted by Crippen LogP contribution is 2.06. The number of ether oxygens (including phenoxy) is 2. The first-order valence-electron chi connectivity index (χ1n) is 4.65. The van der Waals surface area contributed by atoms with E-state index in [1.807, 2.05) is 0 Å². The summed E-state index contributed by atoms with van der Waals surface area (Å²) in [6, 6.07) is 0. The normalized spacial score (nSPS) is 21.9. The van der Waals surface area contributed by atoms with Gasteiger partial charge in [0.2, 0.25) is 0 Å². The van der Waals surface area contributed by atoms with Gasteiger partial charge in [0.05, 0.1) is 19.0 Å². The standard InChI is InChI=1S/C9H13N3O2/c1-2-13-9(5-10-1)6-14-8-3-11-7-12-4-8/h3-4,7,9-10H,1-2,5-6H2. The monoisotopic (exact) mass is 195 g/mol. The minimum absolute atomic E-state index is 0.129. The van der Waals surface area contributed by atoms with Gasteiger partial charge in [0.25, 0.3) is 0 Å². The molecule has 1 N–H and O–H groups in total. The molecule has 5 heteroatoms. The zero-order valence-corrected chi connectivity index (χ0v) is 7.85. The lowest BCUT2D eigenvalue weighted by atomic mass is 10.3. The summed E-state index contributed by atoms with van der Waals surface area (Å²) in [6.07, 6.45) is 4.89. The van der Waals surface area contributed by atoms with Crippen molar-refractivity contribution >= 4 is 0 Å². The third kappa shape index (κ3) is 2.65. The first-order chi connectivity index (χ1) is 6.95. The van der Waals surface area contributed by atoms with Crippen LogP contribution in [0.15, 0.2) is 18.7 Å². The Labute approximate surface area is 82.5 Å². The molecule has 14 heavy (non-hydrogen) atoms. The van der Waals surface area contributed by atoms with E-state index >= 15 is 0 Å². The third-order valence-corrected chi connectivity index (χ3v) is 1.98. The SMILES string of the molecule is c1ncc(OCC2CNCCO2)cn1. The number of morpholine rings is 1. The fourth-order valence-corrected chi connectivity index (χ4v) is 1.28. The first-order valence-corrected chi connectivity index (χ1v) is 4.65. The molecular formula is C9H13N3O2.